The number of ether oxygens (including phenoxy) is 1. The van der Waals surface area contributed by atoms with Gasteiger partial charge in [-0.2, -0.15) is 0 Å². The minimum absolute atomic E-state index is 0.0525. The molecule has 1 fully saturated rings. The molecular formula is C38H48F2N4O5. The summed E-state index contributed by atoms with van der Waals surface area (Å²) in [7, 11) is 1.58. The number of amides is 3. The number of benzene rings is 3. The molecule has 0 aromatic heterocycles. The molecule has 264 valence electrons. The lowest BCUT2D eigenvalue weighted by molar-refractivity contribution is -0.144. The number of carbonyl (C=O) groups excluding carboxylic acids is 3. The van der Waals surface area contributed by atoms with E-state index in [1.807, 2.05) is 68.4 Å². The highest BCUT2D eigenvalue weighted by Gasteiger charge is 2.53. The van der Waals surface area contributed by atoms with Crippen molar-refractivity contribution in [3.8, 4) is 5.75 Å². The van der Waals surface area contributed by atoms with Crippen LogP contribution in [0.4, 0.5) is 8.78 Å². The van der Waals surface area contributed by atoms with Crippen LogP contribution in [0.25, 0.3) is 0 Å². The molecule has 4 rings (SSSR count). The van der Waals surface area contributed by atoms with Gasteiger partial charge in [-0.05, 0) is 72.6 Å². The van der Waals surface area contributed by atoms with Crippen LogP contribution >= 0.6 is 0 Å². The minimum atomic E-state index is -1.16. The van der Waals surface area contributed by atoms with Gasteiger partial charge in [0.1, 0.15) is 29.0 Å². The van der Waals surface area contributed by atoms with E-state index in [1.165, 1.54) is 24.0 Å². The third-order valence-corrected chi connectivity index (χ3v) is 9.46. The predicted octanol–water partition coefficient (Wildman–Crippen LogP) is 4.31. The summed E-state index contributed by atoms with van der Waals surface area (Å²) < 4.78 is 33.7. The molecule has 11 heteroatoms. The minimum Gasteiger partial charge on any atom is -0.497 e. The Labute approximate surface area is 287 Å². The number of methoxy groups -OCH3 is 1. The molecule has 9 nitrogen and oxygen atoms in total. The Balaban J connectivity index is 1.60. The van der Waals surface area contributed by atoms with E-state index in [0.717, 1.165) is 17.2 Å². The van der Waals surface area contributed by atoms with E-state index in [2.05, 4.69) is 16.0 Å². The molecule has 4 N–H and O–H groups in total. The second kappa shape index (κ2) is 17.3. The second-order valence-electron chi connectivity index (χ2n) is 12.9. The van der Waals surface area contributed by atoms with Crippen LogP contribution < -0.4 is 20.7 Å². The van der Waals surface area contributed by atoms with Gasteiger partial charge in [0, 0.05) is 32.6 Å². The summed E-state index contributed by atoms with van der Waals surface area (Å²) in [4.78, 5) is 42.3. The maximum Gasteiger partial charge on any atom is 0.249 e. The molecule has 3 amide bonds. The zero-order valence-corrected chi connectivity index (χ0v) is 28.7. The first-order valence-electron chi connectivity index (χ1n) is 16.9. The smallest absolute Gasteiger partial charge is 0.249 e. The van der Waals surface area contributed by atoms with Crippen LogP contribution in [0.2, 0.25) is 0 Å². The number of hydrogen-bond acceptors (Lipinski definition) is 6. The van der Waals surface area contributed by atoms with Crippen molar-refractivity contribution in [1.82, 2.24) is 20.9 Å². The van der Waals surface area contributed by atoms with Crippen molar-refractivity contribution in [1.29, 1.82) is 0 Å². The van der Waals surface area contributed by atoms with Gasteiger partial charge in [0.05, 0.1) is 19.3 Å². The molecule has 3 aromatic carbocycles. The zero-order valence-electron chi connectivity index (χ0n) is 28.7. The highest BCUT2D eigenvalue weighted by molar-refractivity contribution is 5.96. The van der Waals surface area contributed by atoms with E-state index in [9.17, 15) is 28.3 Å². The molecule has 0 radical (unpaired) electrons. The van der Waals surface area contributed by atoms with Crippen molar-refractivity contribution in [3.63, 3.8) is 0 Å². The van der Waals surface area contributed by atoms with Gasteiger partial charge in [0.15, 0.2) is 0 Å². The summed E-state index contributed by atoms with van der Waals surface area (Å²) in [6.07, 6.45) is 0.529. The van der Waals surface area contributed by atoms with Gasteiger partial charge in [-0.15, -0.1) is 0 Å². The summed E-state index contributed by atoms with van der Waals surface area (Å²) in [5, 5.41) is 20.5. The fraction of sp³-hybridized carbons (Fsp3) is 0.447. The van der Waals surface area contributed by atoms with Crippen LogP contribution in [0, 0.1) is 17.6 Å². The predicted molar refractivity (Wildman–Crippen MR) is 184 cm³/mol. The van der Waals surface area contributed by atoms with E-state index >= 15 is 0 Å². The standard InChI is InChI=1S/C38H48F2N4O5/c1-5-25(2)38(43-26(3)45)16-17-44(37(38)48)34(15-14-27-10-7-6-8-11-27)36(47)42-33(21-29-18-30(39)22-31(40)19-29)35(46)24-41-23-28-12-9-13-32(20-28)49-4/h6-13,18-20,22,25,33-35,41,46H,5,14-17,21,23-24H2,1-4H3,(H,42,47)(H,43,45)/t25?,33-,34-,35+,38-/m0/s1. The molecule has 1 saturated heterocycles. The van der Waals surface area contributed by atoms with Crippen LogP contribution in [-0.4, -0.2) is 71.7 Å². The van der Waals surface area contributed by atoms with Crippen molar-refractivity contribution in [3.05, 3.63) is 101 Å². The van der Waals surface area contributed by atoms with Crippen molar-refractivity contribution < 1.29 is 33.0 Å². The zero-order chi connectivity index (χ0) is 35.6. The van der Waals surface area contributed by atoms with Crippen molar-refractivity contribution in [2.45, 2.75) is 83.1 Å². The Morgan fingerprint density at radius 3 is 2.35 bits per heavy atom. The molecule has 1 unspecified atom stereocenters. The van der Waals surface area contributed by atoms with E-state index in [4.69, 9.17) is 4.74 Å². The summed E-state index contributed by atoms with van der Waals surface area (Å²) in [5.41, 5.74) is 1.01. The molecule has 0 bridgehead atoms. The van der Waals surface area contributed by atoms with E-state index < -0.39 is 41.3 Å². The molecule has 3 aromatic rings. The third kappa shape index (κ3) is 9.86. The van der Waals surface area contributed by atoms with Gasteiger partial charge >= 0.3 is 0 Å². The Morgan fingerprint density at radius 2 is 1.69 bits per heavy atom. The number of nitrogens with one attached hydrogen (secondary N) is 3. The van der Waals surface area contributed by atoms with Gasteiger partial charge in [0.2, 0.25) is 17.7 Å². The van der Waals surface area contributed by atoms with Gasteiger partial charge in [-0.3, -0.25) is 14.4 Å². The van der Waals surface area contributed by atoms with Crippen molar-refractivity contribution in [2.24, 2.45) is 5.92 Å². The Kier molecular flexibility index (Phi) is 13.3. The number of halogens is 2. The fourth-order valence-corrected chi connectivity index (χ4v) is 6.63. The number of rotatable bonds is 17. The maximum atomic E-state index is 14.3. The molecule has 49 heavy (non-hydrogen) atoms. The van der Waals surface area contributed by atoms with Gasteiger partial charge in [-0.25, -0.2) is 8.78 Å². The largest absolute Gasteiger partial charge is 0.497 e. The number of likely N-dealkylation sites (tertiary alicyclic amines) is 1. The average molecular weight is 679 g/mol. The number of nitrogens with zero attached hydrogens (tertiary/aromatic N) is 1. The number of aryl methyl sites for hydroxylation is 1. The Morgan fingerprint density at radius 1 is 1.00 bits per heavy atom. The lowest BCUT2D eigenvalue weighted by atomic mass is 9.81. The molecule has 1 aliphatic heterocycles. The quantitative estimate of drug-likeness (QED) is 0.169. The first-order valence-corrected chi connectivity index (χ1v) is 16.9. The van der Waals surface area contributed by atoms with Gasteiger partial charge in [0.25, 0.3) is 0 Å². The molecule has 1 heterocycles. The van der Waals surface area contributed by atoms with Crippen LogP contribution in [0.3, 0.4) is 0 Å². The van der Waals surface area contributed by atoms with Crippen molar-refractivity contribution >= 4 is 17.7 Å². The first-order chi connectivity index (χ1) is 23.4. The SMILES string of the molecule is CCC(C)[C@@]1(NC(C)=O)CCN([C@@H](CCc2ccccc2)C(=O)N[C@@H](Cc2cc(F)cc(F)c2)[C@H](O)CNCc2cccc(OC)c2)C1=O. The lowest BCUT2D eigenvalue weighted by Crippen LogP contribution is -2.60. The van der Waals surface area contributed by atoms with Crippen molar-refractivity contribution in [2.75, 3.05) is 20.2 Å². The maximum absolute atomic E-state index is 14.3. The molecule has 0 spiro atoms. The lowest BCUT2D eigenvalue weighted by Gasteiger charge is -2.36. The highest BCUT2D eigenvalue weighted by atomic mass is 19.1. The number of hydrogen-bond donors (Lipinski definition) is 4. The van der Waals surface area contributed by atoms with E-state index in [0.29, 0.717) is 31.6 Å². The van der Waals surface area contributed by atoms with E-state index in [1.54, 1.807) is 7.11 Å². The normalized spacial score (nSPS) is 18.4. The molecule has 0 saturated carbocycles. The van der Waals surface area contributed by atoms with Gasteiger partial charge < -0.3 is 30.7 Å². The first kappa shape index (κ1) is 37.5. The van der Waals surface area contributed by atoms with E-state index in [-0.39, 0.29) is 49.2 Å². The molecule has 1 aliphatic rings. The summed E-state index contributed by atoms with van der Waals surface area (Å²) >= 11 is 0. The Hall–Kier alpha value is -4.35. The second-order valence-corrected chi connectivity index (χ2v) is 12.9. The number of carbonyl (C=O) groups is 3. The highest BCUT2D eigenvalue weighted by Crippen LogP contribution is 2.34. The molecule has 0 aliphatic carbocycles. The Bertz CT molecular complexity index is 1550. The van der Waals surface area contributed by atoms with Gasteiger partial charge in [-0.1, -0.05) is 62.7 Å². The summed E-state index contributed by atoms with van der Waals surface area (Å²) in [6, 6.07) is 18.2. The van der Waals surface area contributed by atoms with Crippen LogP contribution in [0.5, 0.6) is 5.75 Å². The number of aliphatic hydroxyl groups is 1. The number of aliphatic hydroxyl groups excluding tert-OH is 1. The van der Waals surface area contributed by atoms with Crippen LogP contribution in [0.1, 0.15) is 56.7 Å². The molecular weight excluding hydrogens is 630 g/mol. The van der Waals surface area contributed by atoms with Crippen LogP contribution in [-0.2, 0) is 33.8 Å². The average Bonchev–Trinajstić information content (AvgIpc) is 3.39. The third-order valence-electron chi connectivity index (χ3n) is 9.46. The summed E-state index contributed by atoms with van der Waals surface area (Å²) in [6.45, 7) is 5.94. The fourth-order valence-electron chi connectivity index (χ4n) is 6.63. The van der Waals surface area contributed by atoms with Crippen LogP contribution in [0.15, 0.2) is 72.8 Å². The summed E-state index contributed by atoms with van der Waals surface area (Å²) in [5.74, 6) is -2.18. The topological polar surface area (TPSA) is 120 Å². The molecule has 5 atom stereocenters. The monoisotopic (exact) mass is 678 g/mol.